The molecule has 102 valence electrons. The minimum atomic E-state index is -0.392. The molecule has 3 nitrogen and oxygen atoms in total. The fourth-order valence-corrected chi connectivity index (χ4v) is 3.81. The van der Waals surface area contributed by atoms with E-state index in [0.717, 1.165) is 44.9 Å². The highest BCUT2D eigenvalue weighted by atomic mass is 32.1. The molecule has 0 aromatic carbocycles. The lowest BCUT2D eigenvalue weighted by atomic mass is 9.81. The van der Waals surface area contributed by atoms with E-state index >= 15 is 0 Å². The molecule has 0 spiro atoms. The van der Waals surface area contributed by atoms with Crippen LogP contribution in [0.4, 0.5) is 0 Å². The van der Waals surface area contributed by atoms with Gasteiger partial charge in [0.1, 0.15) is 0 Å². The van der Waals surface area contributed by atoms with E-state index in [1.807, 2.05) is 0 Å². The monoisotopic (exact) mass is 268 g/mol. The summed E-state index contributed by atoms with van der Waals surface area (Å²) >= 11 is 5.20. The van der Waals surface area contributed by atoms with Crippen molar-refractivity contribution in [1.29, 1.82) is 0 Å². The molecule has 0 radical (unpaired) electrons. The van der Waals surface area contributed by atoms with Crippen molar-refractivity contribution in [2.75, 3.05) is 0 Å². The van der Waals surface area contributed by atoms with Crippen LogP contribution in [0, 0.1) is 5.41 Å². The van der Waals surface area contributed by atoms with Gasteiger partial charge in [0.15, 0.2) is 0 Å². The van der Waals surface area contributed by atoms with Gasteiger partial charge in [-0.25, -0.2) is 0 Å². The second-order valence-electron chi connectivity index (χ2n) is 5.95. The third-order valence-corrected chi connectivity index (χ3v) is 5.39. The van der Waals surface area contributed by atoms with Gasteiger partial charge in [-0.1, -0.05) is 44.8 Å². The molecule has 2 aliphatic carbocycles. The quantitative estimate of drug-likeness (QED) is 0.771. The van der Waals surface area contributed by atoms with E-state index in [2.05, 4.69) is 12.2 Å². The van der Waals surface area contributed by atoms with Gasteiger partial charge in [0.2, 0.25) is 5.91 Å². The molecule has 3 N–H and O–H groups in total. The molecular weight excluding hydrogens is 244 g/mol. The summed E-state index contributed by atoms with van der Waals surface area (Å²) in [5.74, 6) is 0.192. The molecule has 0 atom stereocenters. The number of hydrogen-bond donors (Lipinski definition) is 2. The zero-order valence-corrected chi connectivity index (χ0v) is 12.1. The van der Waals surface area contributed by atoms with Crippen molar-refractivity contribution < 1.29 is 4.79 Å². The van der Waals surface area contributed by atoms with Crippen molar-refractivity contribution in [3.63, 3.8) is 0 Å². The highest BCUT2D eigenvalue weighted by molar-refractivity contribution is 7.80. The molecule has 2 aliphatic rings. The van der Waals surface area contributed by atoms with Gasteiger partial charge in [0.05, 0.1) is 10.5 Å². The first-order valence-corrected chi connectivity index (χ1v) is 7.58. The summed E-state index contributed by atoms with van der Waals surface area (Å²) in [6.07, 6.45) is 9.33. The standard InChI is InChI=1S/C14H24N2OS/c1-2-13(7-3-4-8-13)12(17)16-14(11(15)18)9-5-6-10-14/h2-10H2,1H3,(H2,15,18)(H,16,17). The number of hydrogen-bond acceptors (Lipinski definition) is 2. The Hall–Kier alpha value is -0.640. The van der Waals surface area contributed by atoms with E-state index in [0.29, 0.717) is 4.99 Å². The lowest BCUT2D eigenvalue weighted by Gasteiger charge is -2.35. The largest absolute Gasteiger partial charge is 0.391 e. The molecule has 1 amide bonds. The molecule has 0 heterocycles. The first-order chi connectivity index (χ1) is 8.55. The molecule has 0 saturated heterocycles. The zero-order chi connectivity index (χ0) is 13.2. The van der Waals surface area contributed by atoms with E-state index in [-0.39, 0.29) is 11.3 Å². The maximum Gasteiger partial charge on any atom is 0.226 e. The number of amides is 1. The van der Waals surface area contributed by atoms with Crippen LogP contribution in [0.5, 0.6) is 0 Å². The van der Waals surface area contributed by atoms with Gasteiger partial charge in [-0.2, -0.15) is 0 Å². The number of carbonyl (C=O) groups excluding carboxylic acids is 1. The Balaban J connectivity index is 2.12. The van der Waals surface area contributed by atoms with E-state index in [9.17, 15) is 4.79 Å². The number of rotatable bonds is 4. The van der Waals surface area contributed by atoms with Gasteiger partial charge in [0.25, 0.3) is 0 Å². The predicted molar refractivity (Wildman–Crippen MR) is 77.3 cm³/mol. The Labute approximate surface area is 115 Å². The Kier molecular flexibility index (Phi) is 3.95. The molecule has 2 rings (SSSR count). The van der Waals surface area contributed by atoms with Crippen LogP contribution in [0.2, 0.25) is 0 Å². The van der Waals surface area contributed by atoms with Crippen LogP contribution in [0.15, 0.2) is 0 Å². The molecule has 0 aliphatic heterocycles. The molecule has 2 saturated carbocycles. The van der Waals surface area contributed by atoms with Crippen LogP contribution >= 0.6 is 12.2 Å². The minimum absolute atomic E-state index is 0.152. The van der Waals surface area contributed by atoms with Gasteiger partial charge in [0, 0.05) is 5.41 Å². The predicted octanol–water partition coefficient (Wildman–Crippen LogP) is 2.67. The summed E-state index contributed by atoms with van der Waals surface area (Å²) < 4.78 is 0. The van der Waals surface area contributed by atoms with Crippen molar-refractivity contribution in [2.45, 2.75) is 70.3 Å². The van der Waals surface area contributed by atoms with Crippen molar-refractivity contribution in [1.82, 2.24) is 5.32 Å². The SMILES string of the molecule is CCC1(C(=O)NC2(C(N)=S)CCCC2)CCCC1. The molecule has 0 bridgehead atoms. The lowest BCUT2D eigenvalue weighted by molar-refractivity contribution is -0.132. The van der Waals surface area contributed by atoms with Crippen LogP contribution in [0.25, 0.3) is 0 Å². The first-order valence-electron chi connectivity index (χ1n) is 7.17. The third kappa shape index (κ3) is 2.27. The smallest absolute Gasteiger partial charge is 0.226 e. The average molecular weight is 268 g/mol. The normalized spacial score (nSPS) is 24.9. The number of nitrogens with one attached hydrogen (secondary N) is 1. The minimum Gasteiger partial charge on any atom is -0.391 e. The number of carbonyl (C=O) groups is 1. The van der Waals surface area contributed by atoms with Crippen LogP contribution in [0.1, 0.15) is 64.7 Å². The lowest BCUT2D eigenvalue weighted by Crippen LogP contribution is -2.58. The Morgan fingerprint density at radius 3 is 2.11 bits per heavy atom. The second-order valence-corrected chi connectivity index (χ2v) is 6.39. The number of thiocarbonyl (C=S) groups is 1. The van der Waals surface area contributed by atoms with Crippen molar-refractivity contribution in [2.24, 2.45) is 11.1 Å². The molecule has 0 unspecified atom stereocenters. The van der Waals surface area contributed by atoms with Gasteiger partial charge in [-0.3, -0.25) is 4.79 Å². The van der Waals surface area contributed by atoms with Crippen LogP contribution in [-0.4, -0.2) is 16.4 Å². The Bertz CT molecular complexity index is 342. The zero-order valence-electron chi connectivity index (χ0n) is 11.3. The van der Waals surface area contributed by atoms with Crippen LogP contribution in [-0.2, 0) is 4.79 Å². The maximum atomic E-state index is 12.6. The molecule has 18 heavy (non-hydrogen) atoms. The van der Waals surface area contributed by atoms with E-state index < -0.39 is 5.54 Å². The summed E-state index contributed by atoms with van der Waals surface area (Å²) in [5.41, 5.74) is 5.34. The summed E-state index contributed by atoms with van der Waals surface area (Å²) in [6.45, 7) is 2.12. The van der Waals surface area contributed by atoms with E-state index in [1.54, 1.807) is 0 Å². The van der Waals surface area contributed by atoms with Crippen molar-refractivity contribution >= 4 is 23.1 Å². The van der Waals surface area contributed by atoms with Gasteiger partial charge >= 0.3 is 0 Å². The van der Waals surface area contributed by atoms with E-state index in [4.69, 9.17) is 18.0 Å². The second kappa shape index (κ2) is 5.16. The van der Waals surface area contributed by atoms with Crippen molar-refractivity contribution in [3.8, 4) is 0 Å². The topological polar surface area (TPSA) is 55.1 Å². The maximum absolute atomic E-state index is 12.6. The Morgan fingerprint density at radius 2 is 1.67 bits per heavy atom. The molecular formula is C14H24N2OS. The van der Waals surface area contributed by atoms with Crippen LogP contribution < -0.4 is 11.1 Å². The fourth-order valence-electron chi connectivity index (χ4n) is 3.55. The molecule has 2 fully saturated rings. The molecule has 0 aromatic heterocycles. The van der Waals surface area contributed by atoms with E-state index in [1.165, 1.54) is 12.8 Å². The number of nitrogens with two attached hydrogens (primary N) is 1. The molecule has 4 heteroatoms. The van der Waals surface area contributed by atoms with Crippen molar-refractivity contribution in [3.05, 3.63) is 0 Å². The summed E-state index contributed by atoms with van der Waals surface area (Å²) in [4.78, 5) is 13.1. The van der Waals surface area contributed by atoms with Gasteiger partial charge < -0.3 is 11.1 Å². The Morgan fingerprint density at radius 1 is 1.17 bits per heavy atom. The van der Waals surface area contributed by atoms with Crippen LogP contribution in [0.3, 0.4) is 0 Å². The highest BCUT2D eigenvalue weighted by Crippen LogP contribution is 2.42. The first kappa shape index (κ1) is 13.8. The fraction of sp³-hybridized carbons (Fsp3) is 0.857. The summed E-state index contributed by atoms with van der Waals surface area (Å²) in [5, 5.41) is 3.22. The molecule has 0 aromatic rings. The summed E-state index contributed by atoms with van der Waals surface area (Å²) in [6, 6.07) is 0. The summed E-state index contributed by atoms with van der Waals surface area (Å²) in [7, 11) is 0. The van der Waals surface area contributed by atoms with Gasteiger partial charge in [-0.05, 0) is 32.1 Å². The highest BCUT2D eigenvalue weighted by Gasteiger charge is 2.45. The third-order valence-electron chi connectivity index (χ3n) is 5.00. The average Bonchev–Trinajstić information content (AvgIpc) is 2.98. The van der Waals surface area contributed by atoms with Gasteiger partial charge in [-0.15, -0.1) is 0 Å².